The molecule has 3 aromatic rings. The number of rotatable bonds is 3. The fourth-order valence-electron chi connectivity index (χ4n) is 2.56. The molecule has 0 aliphatic rings. The summed E-state index contributed by atoms with van der Waals surface area (Å²) in [7, 11) is -2.73. The molecular formula is C16H14N2O6S. The van der Waals surface area contributed by atoms with E-state index in [1.54, 1.807) is 19.1 Å². The summed E-state index contributed by atoms with van der Waals surface area (Å²) in [6.07, 6.45) is 0. The Morgan fingerprint density at radius 2 is 1.88 bits per heavy atom. The predicted molar refractivity (Wildman–Crippen MR) is 89.2 cm³/mol. The molecule has 130 valence electrons. The van der Waals surface area contributed by atoms with Crippen molar-refractivity contribution in [3.63, 3.8) is 0 Å². The average molecular weight is 362 g/mol. The Labute approximate surface area is 141 Å². The third-order valence-electron chi connectivity index (χ3n) is 3.77. The van der Waals surface area contributed by atoms with E-state index in [9.17, 15) is 23.2 Å². The van der Waals surface area contributed by atoms with E-state index in [1.165, 1.54) is 31.4 Å². The van der Waals surface area contributed by atoms with Crippen LogP contribution in [0.5, 0.6) is 5.75 Å². The van der Waals surface area contributed by atoms with Gasteiger partial charge in [-0.1, -0.05) is 16.9 Å². The van der Waals surface area contributed by atoms with Gasteiger partial charge >= 0.3 is 11.2 Å². The number of benzene rings is 2. The van der Waals surface area contributed by atoms with Crippen LogP contribution in [0.1, 0.15) is 5.56 Å². The Morgan fingerprint density at radius 1 is 1.16 bits per heavy atom. The minimum Gasteiger partial charge on any atom is -0.496 e. The number of sulfone groups is 1. The van der Waals surface area contributed by atoms with Crippen LogP contribution in [0.4, 0.5) is 0 Å². The number of H-pyrrole nitrogens is 1. The molecule has 0 saturated heterocycles. The fraction of sp³-hybridized carbons (Fsp3) is 0.125. The topological polar surface area (TPSA) is 118 Å². The zero-order valence-corrected chi connectivity index (χ0v) is 14.1. The lowest BCUT2D eigenvalue weighted by Gasteiger charge is -2.11. The number of methoxy groups -OCH3 is 1. The van der Waals surface area contributed by atoms with E-state index in [0.29, 0.717) is 0 Å². The molecule has 0 fully saturated rings. The molecule has 0 aliphatic carbocycles. The molecule has 0 amide bonds. The minimum atomic E-state index is -4.01. The van der Waals surface area contributed by atoms with Crippen LogP contribution in [0.2, 0.25) is 0 Å². The van der Waals surface area contributed by atoms with Crippen LogP contribution >= 0.6 is 0 Å². The van der Waals surface area contributed by atoms with Gasteiger partial charge in [0, 0.05) is 0 Å². The number of nitrogens with zero attached hydrogens (tertiary/aromatic N) is 1. The Kier molecular flexibility index (Phi) is 3.88. The van der Waals surface area contributed by atoms with Gasteiger partial charge in [0.15, 0.2) is 0 Å². The van der Waals surface area contributed by atoms with Crippen LogP contribution in [0.3, 0.4) is 0 Å². The largest absolute Gasteiger partial charge is 0.496 e. The van der Waals surface area contributed by atoms with Crippen LogP contribution in [0.25, 0.3) is 10.9 Å². The molecule has 2 N–H and O–H groups in total. The van der Waals surface area contributed by atoms with Crippen LogP contribution in [0.15, 0.2) is 55.8 Å². The van der Waals surface area contributed by atoms with E-state index in [0.717, 1.165) is 5.56 Å². The van der Waals surface area contributed by atoms with Crippen molar-refractivity contribution in [2.24, 2.45) is 0 Å². The Bertz CT molecular complexity index is 1210. The zero-order valence-electron chi connectivity index (χ0n) is 13.3. The van der Waals surface area contributed by atoms with Gasteiger partial charge in [-0.2, -0.15) is 0 Å². The van der Waals surface area contributed by atoms with Gasteiger partial charge in [-0.25, -0.2) is 13.2 Å². The summed E-state index contributed by atoms with van der Waals surface area (Å²) in [5.41, 5.74) is -1.70. The molecule has 9 heteroatoms. The van der Waals surface area contributed by atoms with Crippen molar-refractivity contribution in [3.8, 4) is 5.75 Å². The van der Waals surface area contributed by atoms with E-state index in [-0.39, 0.29) is 31.2 Å². The van der Waals surface area contributed by atoms with Crippen LogP contribution in [0, 0.1) is 6.92 Å². The van der Waals surface area contributed by atoms with Crippen molar-refractivity contribution in [3.05, 3.63) is 62.8 Å². The number of aromatic amines is 1. The summed E-state index contributed by atoms with van der Waals surface area (Å²) in [4.78, 5) is 26.0. The summed E-state index contributed by atoms with van der Waals surface area (Å²) in [5.74, 6) is 0.0299. The summed E-state index contributed by atoms with van der Waals surface area (Å²) in [5, 5.41) is 9.29. The zero-order chi connectivity index (χ0) is 18.4. The first-order valence-corrected chi connectivity index (χ1v) is 8.62. The van der Waals surface area contributed by atoms with Gasteiger partial charge in [-0.3, -0.25) is 4.79 Å². The third-order valence-corrected chi connectivity index (χ3v) is 5.56. The molecule has 0 radical (unpaired) electrons. The van der Waals surface area contributed by atoms with Gasteiger partial charge in [-0.05, 0) is 36.8 Å². The molecule has 0 aliphatic heterocycles. The molecule has 1 heterocycles. The summed E-state index contributed by atoms with van der Waals surface area (Å²) >= 11 is 0. The van der Waals surface area contributed by atoms with Crippen LogP contribution < -0.4 is 16.0 Å². The first-order valence-electron chi connectivity index (χ1n) is 7.14. The highest BCUT2D eigenvalue weighted by Gasteiger charge is 2.24. The second-order valence-electron chi connectivity index (χ2n) is 5.38. The van der Waals surface area contributed by atoms with Gasteiger partial charge in [0.1, 0.15) is 11.1 Å². The van der Waals surface area contributed by atoms with Crippen LogP contribution in [-0.2, 0) is 9.84 Å². The molecule has 0 unspecified atom stereocenters. The van der Waals surface area contributed by atoms with E-state index >= 15 is 0 Å². The lowest BCUT2D eigenvalue weighted by Crippen LogP contribution is -2.33. The van der Waals surface area contributed by atoms with Crippen molar-refractivity contribution in [1.29, 1.82) is 0 Å². The normalized spacial score (nSPS) is 11.6. The number of nitrogens with one attached hydrogen (secondary N) is 1. The van der Waals surface area contributed by atoms with Crippen molar-refractivity contribution in [2.75, 3.05) is 7.11 Å². The molecule has 25 heavy (non-hydrogen) atoms. The van der Waals surface area contributed by atoms with Gasteiger partial charge in [-0.15, -0.1) is 0 Å². The molecular weight excluding hydrogens is 348 g/mol. The highest BCUT2D eigenvalue weighted by Crippen LogP contribution is 2.30. The molecule has 8 nitrogen and oxygen atoms in total. The van der Waals surface area contributed by atoms with Crippen molar-refractivity contribution in [2.45, 2.75) is 16.7 Å². The first kappa shape index (κ1) is 16.8. The lowest BCUT2D eigenvalue weighted by atomic mass is 10.2. The maximum absolute atomic E-state index is 13.0. The van der Waals surface area contributed by atoms with Gasteiger partial charge in [0.2, 0.25) is 9.84 Å². The summed E-state index contributed by atoms with van der Waals surface area (Å²) in [6.45, 7) is 1.75. The molecule has 1 aromatic heterocycles. The third kappa shape index (κ3) is 2.58. The second kappa shape index (κ2) is 5.78. The first-order chi connectivity index (χ1) is 11.8. The Hall–Kier alpha value is -3.07. The van der Waals surface area contributed by atoms with E-state index in [1.807, 2.05) is 0 Å². The van der Waals surface area contributed by atoms with Crippen molar-refractivity contribution >= 4 is 20.7 Å². The molecule has 0 bridgehead atoms. The standard InChI is InChI=1S/C16H14N2O6S/c1-9-4-3-5-10(8-9)25(22,23)12-7-6-11(24-2)13-14(12)17-16(20)18(21)15(13)19/h3-8,21H,1-2H3,(H,17,20). The van der Waals surface area contributed by atoms with Crippen LogP contribution in [-0.4, -0.2) is 30.4 Å². The highest BCUT2D eigenvalue weighted by atomic mass is 32.2. The predicted octanol–water partition coefficient (Wildman–Crippen LogP) is 1.08. The van der Waals surface area contributed by atoms with Gasteiger partial charge in [0.05, 0.1) is 22.4 Å². The fourth-order valence-corrected chi connectivity index (χ4v) is 4.08. The summed E-state index contributed by atoms with van der Waals surface area (Å²) in [6, 6.07) is 8.79. The number of ether oxygens (including phenoxy) is 1. The minimum absolute atomic E-state index is 0.0213. The van der Waals surface area contributed by atoms with E-state index in [2.05, 4.69) is 4.98 Å². The van der Waals surface area contributed by atoms with Crippen molar-refractivity contribution in [1.82, 2.24) is 9.71 Å². The summed E-state index contributed by atoms with van der Waals surface area (Å²) < 4.78 is 30.9. The number of hydrogen-bond acceptors (Lipinski definition) is 6. The Balaban J connectivity index is 2.46. The number of aryl methyl sites for hydroxylation is 1. The number of fused-ring (bicyclic) bond motifs is 1. The maximum Gasteiger partial charge on any atom is 0.362 e. The maximum atomic E-state index is 13.0. The van der Waals surface area contributed by atoms with Gasteiger partial charge < -0.3 is 14.9 Å². The SMILES string of the molecule is COc1ccc(S(=O)(=O)c2cccc(C)c2)c2[nH]c(=O)n(O)c(=O)c12. The molecule has 0 saturated carbocycles. The van der Waals surface area contributed by atoms with E-state index in [4.69, 9.17) is 4.74 Å². The molecule has 2 aromatic carbocycles. The molecule has 0 atom stereocenters. The van der Waals surface area contributed by atoms with Gasteiger partial charge in [0.25, 0.3) is 0 Å². The molecule has 3 rings (SSSR count). The average Bonchev–Trinajstić information content (AvgIpc) is 2.58. The second-order valence-corrected chi connectivity index (χ2v) is 7.30. The molecule has 0 spiro atoms. The quantitative estimate of drug-likeness (QED) is 0.673. The van der Waals surface area contributed by atoms with E-state index < -0.39 is 21.1 Å². The number of hydrogen-bond donors (Lipinski definition) is 2. The smallest absolute Gasteiger partial charge is 0.362 e. The lowest BCUT2D eigenvalue weighted by molar-refractivity contribution is 0.162. The van der Waals surface area contributed by atoms with Crippen molar-refractivity contribution < 1.29 is 18.4 Å². The Morgan fingerprint density at radius 3 is 2.52 bits per heavy atom. The monoisotopic (exact) mass is 362 g/mol. The highest BCUT2D eigenvalue weighted by molar-refractivity contribution is 7.91. The number of aromatic nitrogens is 2.